The van der Waals surface area contributed by atoms with Crippen LogP contribution in [-0.4, -0.2) is 49.9 Å². The Hall–Kier alpha value is -2.26. The van der Waals surface area contributed by atoms with Crippen LogP contribution in [0.1, 0.15) is 39.7 Å². The minimum absolute atomic E-state index is 0.0133. The van der Waals surface area contributed by atoms with Crippen LogP contribution < -0.4 is 10.6 Å². The summed E-state index contributed by atoms with van der Waals surface area (Å²) in [5.41, 5.74) is 0.637. The monoisotopic (exact) mass is 440 g/mol. The molecule has 0 saturated carbocycles. The highest BCUT2D eigenvalue weighted by atomic mass is 28.4. The van der Waals surface area contributed by atoms with E-state index in [1.165, 1.54) is 31.2 Å². The van der Waals surface area contributed by atoms with E-state index in [4.69, 9.17) is 4.43 Å². The van der Waals surface area contributed by atoms with Crippen LogP contribution in [0.5, 0.6) is 0 Å². The third kappa shape index (κ3) is 8.23. The van der Waals surface area contributed by atoms with E-state index in [1.807, 2.05) is 0 Å². The second-order valence-electron chi connectivity index (χ2n) is 8.88. The Kier molecular flexibility index (Phi) is 9.17. The maximum atomic E-state index is 13.1. The number of amides is 2. The minimum atomic E-state index is -2.04. The first kappa shape index (κ1) is 25.8. The lowest BCUT2D eigenvalue weighted by Crippen LogP contribution is -2.52. The van der Waals surface area contributed by atoms with Crippen LogP contribution in [0, 0.1) is 5.82 Å². The lowest BCUT2D eigenvalue weighted by Gasteiger charge is -2.36. The molecular formula is C21H33FN2O5Si. The molecule has 0 spiro atoms. The molecule has 0 bridgehead atoms. The predicted octanol–water partition coefficient (Wildman–Crippen LogP) is 2.85. The molecule has 0 aromatic heterocycles. The maximum absolute atomic E-state index is 13.1. The van der Waals surface area contributed by atoms with Gasteiger partial charge in [0.15, 0.2) is 8.32 Å². The Labute approximate surface area is 178 Å². The summed E-state index contributed by atoms with van der Waals surface area (Å²) in [6.07, 6.45) is 0.218. The molecular weight excluding hydrogens is 407 g/mol. The van der Waals surface area contributed by atoms with Crippen molar-refractivity contribution in [2.45, 2.75) is 70.8 Å². The quantitative estimate of drug-likeness (QED) is 0.485. The summed E-state index contributed by atoms with van der Waals surface area (Å²) in [6.45, 7) is 11.9. The van der Waals surface area contributed by atoms with Crippen LogP contribution in [0.15, 0.2) is 24.3 Å². The molecule has 1 aromatic carbocycles. The normalized spacial score (nSPS) is 14.0. The van der Waals surface area contributed by atoms with Gasteiger partial charge in [-0.1, -0.05) is 32.9 Å². The van der Waals surface area contributed by atoms with Gasteiger partial charge in [0.2, 0.25) is 11.8 Å². The number of rotatable bonds is 10. The van der Waals surface area contributed by atoms with Crippen molar-refractivity contribution in [3.05, 3.63) is 35.6 Å². The van der Waals surface area contributed by atoms with Gasteiger partial charge in [0.25, 0.3) is 0 Å². The Bertz CT molecular complexity index is 747. The van der Waals surface area contributed by atoms with Crippen molar-refractivity contribution >= 4 is 26.1 Å². The van der Waals surface area contributed by atoms with Gasteiger partial charge in [-0.3, -0.25) is 9.59 Å². The average molecular weight is 441 g/mol. The van der Waals surface area contributed by atoms with E-state index in [0.717, 1.165) is 0 Å². The fraction of sp³-hybridized carbons (Fsp3) is 0.571. The molecule has 168 valence electrons. The van der Waals surface area contributed by atoms with Gasteiger partial charge in [-0.15, -0.1) is 0 Å². The summed E-state index contributed by atoms with van der Waals surface area (Å²) in [7, 11) is -2.04. The second kappa shape index (κ2) is 10.7. The summed E-state index contributed by atoms with van der Waals surface area (Å²) in [5, 5.41) is 14.5. The number of aliphatic carboxylic acids is 1. The van der Waals surface area contributed by atoms with Gasteiger partial charge in [0.05, 0.1) is 0 Å². The van der Waals surface area contributed by atoms with Crippen LogP contribution in [0.25, 0.3) is 0 Å². The molecule has 3 N–H and O–H groups in total. The van der Waals surface area contributed by atoms with Crippen molar-refractivity contribution in [3.8, 4) is 0 Å². The second-order valence-corrected chi connectivity index (χ2v) is 13.7. The smallest absolute Gasteiger partial charge is 0.326 e. The number of benzene rings is 1. The number of hydrogen-bond donors (Lipinski definition) is 3. The minimum Gasteiger partial charge on any atom is -0.480 e. The average Bonchev–Trinajstić information content (AvgIpc) is 2.60. The van der Waals surface area contributed by atoms with Gasteiger partial charge < -0.3 is 20.2 Å². The van der Waals surface area contributed by atoms with Gasteiger partial charge in [-0.2, -0.15) is 0 Å². The third-order valence-corrected chi connectivity index (χ3v) is 9.88. The topological polar surface area (TPSA) is 105 Å². The summed E-state index contributed by atoms with van der Waals surface area (Å²) in [5.74, 6) is -2.63. The summed E-state index contributed by atoms with van der Waals surface area (Å²) in [4.78, 5) is 35.8. The van der Waals surface area contributed by atoms with E-state index >= 15 is 0 Å². The van der Waals surface area contributed by atoms with E-state index in [0.29, 0.717) is 5.56 Å². The van der Waals surface area contributed by atoms with Gasteiger partial charge in [-0.05, 0) is 35.8 Å². The van der Waals surface area contributed by atoms with Crippen molar-refractivity contribution in [1.29, 1.82) is 0 Å². The molecule has 7 nitrogen and oxygen atoms in total. The molecule has 1 rings (SSSR count). The highest BCUT2D eigenvalue weighted by Gasteiger charge is 2.37. The molecule has 9 heteroatoms. The number of carbonyl (C=O) groups is 3. The molecule has 0 heterocycles. The highest BCUT2D eigenvalue weighted by molar-refractivity contribution is 6.74. The zero-order valence-corrected chi connectivity index (χ0v) is 19.5. The summed E-state index contributed by atoms with van der Waals surface area (Å²) < 4.78 is 19.1. The number of carbonyl (C=O) groups excluding carboxylic acids is 2. The first-order valence-electron chi connectivity index (χ1n) is 9.91. The van der Waals surface area contributed by atoms with E-state index < -0.39 is 44.0 Å². The molecule has 1 aromatic rings. The number of nitrogens with one attached hydrogen (secondary N) is 2. The van der Waals surface area contributed by atoms with Crippen LogP contribution in [0.4, 0.5) is 4.39 Å². The predicted molar refractivity (Wildman–Crippen MR) is 115 cm³/mol. The van der Waals surface area contributed by atoms with Crippen LogP contribution >= 0.6 is 0 Å². The molecule has 0 aliphatic carbocycles. The first-order chi connectivity index (χ1) is 13.7. The third-order valence-electron chi connectivity index (χ3n) is 5.34. The Morgan fingerprint density at radius 2 is 1.67 bits per heavy atom. The molecule has 2 atom stereocenters. The first-order valence-corrected chi connectivity index (χ1v) is 12.8. The van der Waals surface area contributed by atoms with Gasteiger partial charge in [-0.25, -0.2) is 9.18 Å². The Balaban J connectivity index is 2.80. The lowest BCUT2D eigenvalue weighted by atomic mass is 10.0. The van der Waals surface area contributed by atoms with Crippen LogP contribution in [0.3, 0.4) is 0 Å². The van der Waals surface area contributed by atoms with Gasteiger partial charge >= 0.3 is 5.97 Å². The molecule has 2 amide bonds. The number of carboxylic acids is 1. The molecule has 30 heavy (non-hydrogen) atoms. The lowest BCUT2D eigenvalue weighted by molar-refractivity contribution is -0.142. The van der Waals surface area contributed by atoms with E-state index in [1.54, 1.807) is 0 Å². The van der Waals surface area contributed by atoms with Crippen molar-refractivity contribution in [2.75, 3.05) is 6.61 Å². The van der Waals surface area contributed by atoms with Crippen molar-refractivity contribution < 1.29 is 28.3 Å². The van der Waals surface area contributed by atoms with Crippen molar-refractivity contribution in [2.24, 2.45) is 0 Å². The Morgan fingerprint density at radius 3 is 2.13 bits per heavy atom. The van der Waals surface area contributed by atoms with Gasteiger partial charge in [0.1, 0.15) is 17.9 Å². The van der Waals surface area contributed by atoms with E-state index in [-0.39, 0.29) is 24.5 Å². The molecule has 0 radical (unpaired) electrons. The van der Waals surface area contributed by atoms with E-state index in [2.05, 4.69) is 44.5 Å². The van der Waals surface area contributed by atoms with Crippen LogP contribution in [0.2, 0.25) is 18.1 Å². The zero-order chi connectivity index (χ0) is 23.1. The Morgan fingerprint density at radius 1 is 1.10 bits per heavy atom. The molecule has 0 aliphatic rings. The van der Waals surface area contributed by atoms with Crippen molar-refractivity contribution in [1.82, 2.24) is 10.6 Å². The molecule has 0 saturated heterocycles. The van der Waals surface area contributed by atoms with Crippen molar-refractivity contribution in [3.63, 3.8) is 0 Å². The fourth-order valence-electron chi connectivity index (χ4n) is 2.49. The largest absolute Gasteiger partial charge is 0.480 e. The standard InChI is InChI=1S/C21H33FN2O5Si/c1-14(25)23-18(13-15-7-9-16(22)10-8-15)19(26)24-17(20(27)28)11-12-29-30(5,6)21(2,3)4/h7-10,17-18H,11-13H2,1-6H3,(H,23,25)(H,24,26)(H,27,28)/t17-,18+/m1/s1. The SMILES string of the molecule is CC(=O)N[C@@H](Cc1ccc(F)cc1)C(=O)N[C@H](CCO[Si](C)(C)C(C)(C)C)C(=O)O. The molecule has 0 unspecified atom stereocenters. The van der Waals surface area contributed by atoms with Crippen LogP contribution in [-0.2, 0) is 25.2 Å². The number of carboxylic acid groups (broad SMARTS) is 1. The number of halogens is 1. The maximum Gasteiger partial charge on any atom is 0.326 e. The number of hydrogen-bond acceptors (Lipinski definition) is 4. The van der Waals surface area contributed by atoms with Gasteiger partial charge in [0, 0.05) is 26.4 Å². The summed E-state index contributed by atoms with van der Waals surface area (Å²) in [6, 6.07) is 3.42. The molecule has 0 aliphatic heterocycles. The summed E-state index contributed by atoms with van der Waals surface area (Å²) >= 11 is 0. The molecule has 0 fully saturated rings. The zero-order valence-electron chi connectivity index (χ0n) is 18.5. The fourth-order valence-corrected chi connectivity index (χ4v) is 3.55. The van der Waals surface area contributed by atoms with E-state index in [9.17, 15) is 23.9 Å². The highest BCUT2D eigenvalue weighted by Crippen LogP contribution is 2.36.